The number of halogens is 1. The highest BCUT2D eigenvalue weighted by Crippen LogP contribution is 2.34. The summed E-state index contributed by atoms with van der Waals surface area (Å²) in [5.41, 5.74) is 7.72. The zero-order valence-electron chi connectivity index (χ0n) is 11.9. The van der Waals surface area contributed by atoms with E-state index < -0.39 is 0 Å². The van der Waals surface area contributed by atoms with Crippen LogP contribution >= 0.6 is 0 Å². The minimum absolute atomic E-state index is 0.287. The molecule has 3 aromatic rings. The van der Waals surface area contributed by atoms with Crippen LogP contribution in [0.3, 0.4) is 0 Å². The number of rotatable bonds is 2. The SMILES string of the molecule is Cc1c(-c2ccccc2)nc2c(C)cc(F)cc2c1NN. The van der Waals surface area contributed by atoms with Crippen molar-refractivity contribution in [3.8, 4) is 11.3 Å². The number of hydrazine groups is 1. The molecule has 1 aromatic heterocycles. The van der Waals surface area contributed by atoms with Crippen LogP contribution in [0.4, 0.5) is 10.1 Å². The molecule has 0 radical (unpaired) electrons. The van der Waals surface area contributed by atoms with Gasteiger partial charge in [0.15, 0.2) is 0 Å². The van der Waals surface area contributed by atoms with E-state index in [0.29, 0.717) is 11.1 Å². The van der Waals surface area contributed by atoms with Crippen molar-refractivity contribution in [1.82, 2.24) is 4.98 Å². The van der Waals surface area contributed by atoms with Gasteiger partial charge in [0.2, 0.25) is 0 Å². The number of nitrogen functional groups attached to an aromatic ring is 1. The summed E-state index contributed by atoms with van der Waals surface area (Å²) in [6, 6.07) is 12.8. The Kier molecular flexibility index (Phi) is 3.31. The van der Waals surface area contributed by atoms with Gasteiger partial charge >= 0.3 is 0 Å². The molecule has 3 N–H and O–H groups in total. The smallest absolute Gasteiger partial charge is 0.124 e. The molecule has 0 aliphatic rings. The maximum absolute atomic E-state index is 13.7. The number of hydrogen-bond donors (Lipinski definition) is 2. The lowest BCUT2D eigenvalue weighted by Crippen LogP contribution is -2.10. The molecule has 0 saturated heterocycles. The topological polar surface area (TPSA) is 50.9 Å². The summed E-state index contributed by atoms with van der Waals surface area (Å²) in [6.45, 7) is 3.78. The van der Waals surface area contributed by atoms with E-state index in [0.717, 1.165) is 27.9 Å². The molecular weight excluding hydrogens is 265 g/mol. The van der Waals surface area contributed by atoms with Crippen LogP contribution in [0, 0.1) is 19.7 Å². The molecule has 0 aliphatic carbocycles. The third kappa shape index (κ3) is 2.23. The van der Waals surface area contributed by atoms with Gasteiger partial charge in [0.1, 0.15) is 5.82 Å². The van der Waals surface area contributed by atoms with Crippen LogP contribution in [0.5, 0.6) is 0 Å². The Labute approximate surface area is 122 Å². The third-order valence-corrected chi connectivity index (χ3v) is 3.68. The third-order valence-electron chi connectivity index (χ3n) is 3.68. The fourth-order valence-electron chi connectivity index (χ4n) is 2.65. The molecule has 0 unspecified atom stereocenters. The van der Waals surface area contributed by atoms with Crippen LogP contribution in [0.15, 0.2) is 42.5 Å². The van der Waals surface area contributed by atoms with Crippen molar-refractivity contribution >= 4 is 16.6 Å². The van der Waals surface area contributed by atoms with Crippen molar-refractivity contribution in [3.63, 3.8) is 0 Å². The molecule has 0 atom stereocenters. The van der Waals surface area contributed by atoms with Gasteiger partial charge in [-0.25, -0.2) is 9.37 Å². The maximum Gasteiger partial charge on any atom is 0.124 e. The zero-order valence-corrected chi connectivity index (χ0v) is 11.9. The van der Waals surface area contributed by atoms with E-state index in [2.05, 4.69) is 5.43 Å². The van der Waals surface area contributed by atoms with Crippen molar-refractivity contribution in [3.05, 3.63) is 59.4 Å². The number of benzene rings is 2. The second kappa shape index (κ2) is 5.14. The Morgan fingerprint density at radius 3 is 2.48 bits per heavy atom. The molecule has 0 aliphatic heterocycles. The predicted octanol–water partition coefficient (Wildman–Crippen LogP) is 3.94. The fraction of sp³-hybridized carbons (Fsp3) is 0.118. The van der Waals surface area contributed by atoms with Crippen molar-refractivity contribution < 1.29 is 4.39 Å². The second-order valence-electron chi connectivity index (χ2n) is 5.09. The van der Waals surface area contributed by atoms with Crippen LogP contribution in [0.25, 0.3) is 22.2 Å². The Bertz CT molecular complexity index is 813. The number of anilines is 1. The van der Waals surface area contributed by atoms with E-state index in [1.54, 1.807) is 0 Å². The molecule has 3 rings (SSSR count). The normalized spacial score (nSPS) is 10.9. The molecule has 106 valence electrons. The van der Waals surface area contributed by atoms with Gasteiger partial charge in [-0.1, -0.05) is 30.3 Å². The number of fused-ring (bicyclic) bond motifs is 1. The largest absolute Gasteiger partial charge is 0.323 e. The summed E-state index contributed by atoms with van der Waals surface area (Å²) in [5, 5.41) is 0.701. The number of nitrogens with two attached hydrogens (primary N) is 1. The van der Waals surface area contributed by atoms with Crippen LogP contribution < -0.4 is 11.3 Å². The van der Waals surface area contributed by atoms with E-state index in [9.17, 15) is 4.39 Å². The average Bonchev–Trinajstić information content (AvgIpc) is 2.47. The van der Waals surface area contributed by atoms with Gasteiger partial charge in [-0.3, -0.25) is 5.84 Å². The fourth-order valence-corrected chi connectivity index (χ4v) is 2.65. The van der Waals surface area contributed by atoms with E-state index in [4.69, 9.17) is 10.8 Å². The van der Waals surface area contributed by atoms with Crippen LogP contribution in [0.1, 0.15) is 11.1 Å². The van der Waals surface area contributed by atoms with Gasteiger partial charge in [0.25, 0.3) is 0 Å². The Morgan fingerprint density at radius 1 is 1.10 bits per heavy atom. The number of aryl methyl sites for hydroxylation is 1. The molecule has 0 saturated carbocycles. The number of aromatic nitrogens is 1. The first-order valence-electron chi connectivity index (χ1n) is 6.74. The second-order valence-corrected chi connectivity index (χ2v) is 5.09. The van der Waals surface area contributed by atoms with Crippen molar-refractivity contribution in [1.29, 1.82) is 0 Å². The highest BCUT2D eigenvalue weighted by molar-refractivity contribution is 5.97. The van der Waals surface area contributed by atoms with Gasteiger partial charge in [0.05, 0.1) is 16.9 Å². The molecule has 0 fully saturated rings. The van der Waals surface area contributed by atoms with Gasteiger partial charge < -0.3 is 5.43 Å². The Hall–Kier alpha value is -2.46. The zero-order chi connectivity index (χ0) is 15.0. The van der Waals surface area contributed by atoms with E-state index in [-0.39, 0.29) is 5.82 Å². The molecule has 4 heteroatoms. The monoisotopic (exact) mass is 281 g/mol. The minimum Gasteiger partial charge on any atom is -0.323 e. The van der Waals surface area contributed by atoms with Crippen molar-refractivity contribution in [2.45, 2.75) is 13.8 Å². The van der Waals surface area contributed by atoms with Crippen LogP contribution in [0.2, 0.25) is 0 Å². The molecule has 1 heterocycles. The van der Waals surface area contributed by atoms with E-state index in [1.807, 2.05) is 44.2 Å². The highest BCUT2D eigenvalue weighted by atomic mass is 19.1. The first-order chi connectivity index (χ1) is 10.1. The lowest BCUT2D eigenvalue weighted by Gasteiger charge is -2.15. The van der Waals surface area contributed by atoms with E-state index in [1.165, 1.54) is 12.1 Å². The predicted molar refractivity (Wildman–Crippen MR) is 84.4 cm³/mol. The van der Waals surface area contributed by atoms with Crippen molar-refractivity contribution in [2.24, 2.45) is 5.84 Å². The molecular formula is C17H16FN3. The van der Waals surface area contributed by atoms with Crippen molar-refractivity contribution in [2.75, 3.05) is 5.43 Å². The highest BCUT2D eigenvalue weighted by Gasteiger charge is 2.14. The molecule has 21 heavy (non-hydrogen) atoms. The maximum atomic E-state index is 13.7. The Morgan fingerprint density at radius 2 is 1.81 bits per heavy atom. The summed E-state index contributed by atoms with van der Waals surface area (Å²) in [7, 11) is 0. The van der Waals surface area contributed by atoms with Gasteiger partial charge in [-0.15, -0.1) is 0 Å². The summed E-state index contributed by atoms with van der Waals surface area (Å²) in [6.07, 6.45) is 0. The molecule has 0 bridgehead atoms. The first kappa shape index (κ1) is 13.5. The summed E-state index contributed by atoms with van der Waals surface area (Å²) >= 11 is 0. The van der Waals surface area contributed by atoms with Gasteiger partial charge in [-0.2, -0.15) is 0 Å². The number of hydrogen-bond acceptors (Lipinski definition) is 3. The number of pyridine rings is 1. The lowest BCUT2D eigenvalue weighted by atomic mass is 10.0. The molecule has 0 spiro atoms. The summed E-state index contributed by atoms with van der Waals surface area (Å²) in [5.74, 6) is 5.38. The summed E-state index contributed by atoms with van der Waals surface area (Å²) < 4.78 is 13.7. The van der Waals surface area contributed by atoms with Gasteiger partial charge in [-0.05, 0) is 31.5 Å². The first-order valence-corrected chi connectivity index (χ1v) is 6.74. The molecule has 3 nitrogen and oxygen atoms in total. The quantitative estimate of drug-likeness (QED) is 0.552. The minimum atomic E-state index is -0.287. The average molecular weight is 281 g/mol. The number of nitrogens with zero attached hydrogens (tertiary/aromatic N) is 1. The van der Waals surface area contributed by atoms with Crippen LogP contribution in [-0.2, 0) is 0 Å². The standard InChI is InChI=1S/C17H16FN3/c1-10-8-13(18)9-14-15(10)20-16(11(2)17(14)21-19)12-6-4-3-5-7-12/h3-9H,19H2,1-2H3,(H,20,21). The number of nitrogens with one attached hydrogen (secondary N) is 1. The molecule has 0 amide bonds. The van der Waals surface area contributed by atoms with Crippen LogP contribution in [-0.4, -0.2) is 4.98 Å². The summed E-state index contributed by atoms with van der Waals surface area (Å²) in [4.78, 5) is 4.73. The Balaban J connectivity index is 2.41. The van der Waals surface area contributed by atoms with Gasteiger partial charge in [0, 0.05) is 16.5 Å². The van der Waals surface area contributed by atoms with E-state index >= 15 is 0 Å². The molecule has 2 aromatic carbocycles. The lowest BCUT2D eigenvalue weighted by molar-refractivity contribution is 0.628.